The molecule has 9 atom stereocenters. The summed E-state index contributed by atoms with van der Waals surface area (Å²) in [5.41, 5.74) is 1.02. The third kappa shape index (κ3) is 17.3. The average Bonchev–Trinajstić information content (AvgIpc) is 4.11. The van der Waals surface area contributed by atoms with Crippen LogP contribution in [0.15, 0.2) is 54.6 Å². The molecule has 6 N–H and O–H groups in total. The van der Waals surface area contributed by atoms with Crippen molar-refractivity contribution in [1.82, 2.24) is 37.0 Å². The molecular weight excluding hydrogens is 1020 g/mol. The second-order valence-corrected chi connectivity index (χ2v) is 21.6. The number of nitrogens with one attached hydrogen (secondary N) is 6. The van der Waals surface area contributed by atoms with E-state index in [0.717, 1.165) is 11.1 Å². The molecule has 3 aliphatic heterocycles. The summed E-state index contributed by atoms with van der Waals surface area (Å²) in [5, 5.41) is 17.5. The third-order valence-electron chi connectivity index (χ3n) is 13.9. The Balaban J connectivity index is 1.19. The molecule has 2 fully saturated rings. The molecule has 0 radical (unpaired) electrons. The van der Waals surface area contributed by atoms with Crippen molar-refractivity contribution >= 4 is 70.8 Å². The summed E-state index contributed by atoms with van der Waals surface area (Å²) in [6.45, 7) is 15.8. The molecule has 0 aromatic heterocycles. The van der Waals surface area contributed by atoms with Crippen LogP contribution in [0.5, 0.6) is 5.75 Å². The van der Waals surface area contributed by atoms with Gasteiger partial charge < -0.3 is 50.9 Å². The number of nitrogens with zero attached hydrogens (tertiary/aromatic N) is 1. The van der Waals surface area contributed by atoms with E-state index in [9.17, 15) is 47.9 Å². The Bertz CT molecular complexity index is 2540. The molecule has 2 aromatic carbocycles. The van der Waals surface area contributed by atoms with E-state index in [4.69, 9.17) is 30.6 Å². The maximum Gasteiger partial charge on any atom is 0.333 e. The minimum Gasteiger partial charge on any atom is -0.495 e. The van der Waals surface area contributed by atoms with Gasteiger partial charge in [-0.25, -0.2) is 9.59 Å². The predicted octanol–water partition coefficient (Wildman–Crippen LogP) is 4.12. The van der Waals surface area contributed by atoms with Gasteiger partial charge in [-0.3, -0.25) is 38.4 Å². The van der Waals surface area contributed by atoms with Crippen molar-refractivity contribution in [3.63, 3.8) is 0 Å². The molecule has 8 amide bonds. The van der Waals surface area contributed by atoms with Crippen LogP contribution in [0.4, 0.5) is 0 Å². The van der Waals surface area contributed by atoms with Crippen LogP contribution < -0.4 is 36.6 Å². The van der Waals surface area contributed by atoms with E-state index in [2.05, 4.69) is 31.9 Å². The molecule has 77 heavy (non-hydrogen) atoms. The second-order valence-electron chi connectivity index (χ2n) is 21.2. The standard InChI is InChI=1S/C55H74ClN7O14/c1-29(2)25-39-53(72)75-40(13-11-14-42(64)60-38(27-35-19-22-41(74-10)37(56)26-35)51(70)59-33(7)55(8,9)54(73)61-39)31(5)48-49(76-48)36-20-17-34(18-21-36)28-57-50(69)32(6)58-52(71)47(30(3)4)62-43(65)15-12-16-46(68)77-63-44(66)23-24-45(63)67/h11,14,17-22,26,29-33,38-40,47-49H,12-13,15-16,23-25,27-28H2,1-10H3,(H,57,69)(H,58,71)(H,59,70)(H,60,64)(H,61,73)(H,62,65)/b14-11-/t31-,32-,33?,38+,39-,40-,47-,48+,49+/m0/s1. The molecule has 0 spiro atoms. The van der Waals surface area contributed by atoms with E-state index < -0.39 is 113 Å². The van der Waals surface area contributed by atoms with Crippen molar-refractivity contribution in [1.29, 1.82) is 0 Å². The molecule has 420 valence electrons. The smallest absolute Gasteiger partial charge is 0.333 e. The van der Waals surface area contributed by atoms with Crippen LogP contribution >= 0.6 is 11.6 Å². The highest BCUT2D eigenvalue weighted by Crippen LogP contribution is 2.45. The number of hydrogen-bond donors (Lipinski definition) is 6. The fraction of sp³-hybridized carbons (Fsp3) is 0.564. The number of halogens is 1. The first kappa shape index (κ1) is 61.0. The Hall–Kier alpha value is -6.87. The molecule has 0 aliphatic carbocycles. The van der Waals surface area contributed by atoms with Crippen LogP contribution in [0, 0.1) is 23.2 Å². The van der Waals surface area contributed by atoms with Gasteiger partial charge in [0.05, 0.1) is 23.7 Å². The zero-order valence-corrected chi connectivity index (χ0v) is 46.2. The highest BCUT2D eigenvalue weighted by atomic mass is 35.5. The van der Waals surface area contributed by atoms with Crippen molar-refractivity contribution in [3.05, 3.63) is 76.3 Å². The number of epoxide rings is 1. The molecule has 1 unspecified atom stereocenters. The number of carbonyl (C=O) groups is 10. The zero-order valence-electron chi connectivity index (χ0n) is 45.5. The third-order valence-corrected chi connectivity index (χ3v) is 14.2. The van der Waals surface area contributed by atoms with Gasteiger partial charge in [-0.05, 0) is 87.3 Å². The molecule has 21 nitrogen and oxygen atoms in total. The minimum atomic E-state index is -1.21. The summed E-state index contributed by atoms with van der Waals surface area (Å²) in [6, 6.07) is 7.64. The first-order valence-electron chi connectivity index (χ1n) is 26.1. The van der Waals surface area contributed by atoms with Gasteiger partial charge in [0.15, 0.2) is 0 Å². The van der Waals surface area contributed by atoms with Gasteiger partial charge in [0.25, 0.3) is 11.8 Å². The van der Waals surface area contributed by atoms with Crippen molar-refractivity contribution in [2.75, 3.05) is 7.11 Å². The number of esters is 1. The van der Waals surface area contributed by atoms with Gasteiger partial charge in [0, 0.05) is 57.0 Å². The average molecular weight is 1090 g/mol. The fourth-order valence-corrected chi connectivity index (χ4v) is 8.93. The van der Waals surface area contributed by atoms with Gasteiger partial charge >= 0.3 is 11.9 Å². The summed E-state index contributed by atoms with van der Waals surface area (Å²) >= 11 is 6.40. The summed E-state index contributed by atoms with van der Waals surface area (Å²) in [7, 11) is 1.49. The van der Waals surface area contributed by atoms with Gasteiger partial charge in [-0.1, -0.05) is 82.6 Å². The van der Waals surface area contributed by atoms with E-state index in [1.807, 2.05) is 45.0 Å². The number of hydrogen-bond acceptors (Lipinski definition) is 14. The number of imide groups is 1. The van der Waals surface area contributed by atoms with Crippen molar-refractivity contribution < 1.29 is 67.0 Å². The van der Waals surface area contributed by atoms with Crippen LogP contribution in [0.25, 0.3) is 0 Å². The number of ether oxygens (including phenoxy) is 3. The summed E-state index contributed by atoms with van der Waals surface area (Å²) in [5.74, 6) is -6.18. The van der Waals surface area contributed by atoms with Crippen LogP contribution in [-0.4, -0.2) is 114 Å². The molecule has 2 aromatic rings. The van der Waals surface area contributed by atoms with Gasteiger partial charge in [-0.2, -0.15) is 0 Å². The van der Waals surface area contributed by atoms with Crippen LogP contribution in [0.1, 0.15) is 130 Å². The summed E-state index contributed by atoms with van der Waals surface area (Å²) in [6.07, 6.45) is 1.32. The Morgan fingerprint density at radius 2 is 1.51 bits per heavy atom. The lowest BCUT2D eigenvalue weighted by Gasteiger charge is -2.34. The second kappa shape index (κ2) is 27.4. The Kier molecular flexibility index (Phi) is 21.7. The molecule has 3 heterocycles. The topological polar surface area (TPSA) is 286 Å². The fourth-order valence-electron chi connectivity index (χ4n) is 8.65. The molecular formula is C55H74ClN7O14. The molecule has 22 heteroatoms. The number of amides is 8. The maximum atomic E-state index is 14.1. The van der Waals surface area contributed by atoms with E-state index in [1.165, 1.54) is 20.1 Å². The quantitative estimate of drug-likeness (QED) is 0.0618. The number of carbonyl (C=O) groups excluding carboxylic acids is 10. The number of rotatable bonds is 20. The van der Waals surface area contributed by atoms with E-state index in [1.54, 1.807) is 58.9 Å². The first-order chi connectivity index (χ1) is 36.3. The van der Waals surface area contributed by atoms with E-state index in [0.29, 0.717) is 21.4 Å². The summed E-state index contributed by atoms with van der Waals surface area (Å²) < 4.78 is 17.7. The number of methoxy groups -OCH3 is 1. The molecule has 0 bridgehead atoms. The molecule has 5 rings (SSSR count). The van der Waals surface area contributed by atoms with Crippen molar-refractivity contribution in [3.8, 4) is 5.75 Å². The highest BCUT2D eigenvalue weighted by Gasteiger charge is 2.48. The lowest BCUT2D eigenvalue weighted by atomic mass is 9.83. The van der Waals surface area contributed by atoms with Crippen LogP contribution in [0.3, 0.4) is 0 Å². The van der Waals surface area contributed by atoms with Gasteiger partial charge in [0.1, 0.15) is 42.1 Å². The van der Waals surface area contributed by atoms with Gasteiger partial charge in [-0.15, -0.1) is 5.06 Å². The number of benzene rings is 2. The highest BCUT2D eigenvalue weighted by molar-refractivity contribution is 6.32. The zero-order chi connectivity index (χ0) is 56.9. The molecule has 2 saturated heterocycles. The van der Waals surface area contributed by atoms with Crippen molar-refractivity contribution in [2.24, 2.45) is 23.2 Å². The molecule has 3 aliphatic rings. The number of cyclic esters (lactones) is 1. The monoisotopic (exact) mass is 1090 g/mol. The van der Waals surface area contributed by atoms with E-state index >= 15 is 0 Å². The first-order valence-corrected chi connectivity index (χ1v) is 26.5. The largest absolute Gasteiger partial charge is 0.495 e. The van der Waals surface area contributed by atoms with E-state index in [-0.39, 0.29) is 75.9 Å². The van der Waals surface area contributed by atoms with Crippen molar-refractivity contribution in [2.45, 2.75) is 169 Å². The van der Waals surface area contributed by atoms with Crippen LogP contribution in [0.2, 0.25) is 5.02 Å². The Morgan fingerprint density at radius 3 is 2.13 bits per heavy atom. The van der Waals surface area contributed by atoms with Gasteiger partial charge in [0.2, 0.25) is 35.4 Å². The normalized spacial score (nSPS) is 23.6. The number of hydroxylamine groups is 2. The van der Waals surface area contributed by atoms with Crippen LogP contribution in [-0.2, 0) is 75.2 Å². The summed E-state index contributed by atoms with van der Waals surface area (Å²) in [4.78, 5) is 135. The Morgan fingerprint density at radius 1 is 0.844 bits per heavy atom. The Labute approximate surface area is 454 Å². The SMILES string of the molecule is COc1ccc(C[C@H]2NC(=O)/C=C\C[C@@H]([C@H](C)[C@H]3O[C@@H]3c3ccc(CNC(=O)[C@H](C)NC(=O)[C@@H](NC(=O)CCCC(=O)ON4C(=O)CCC4=O)C(C)C)cc3)OC(=O)[C@H](CC(C)C)NC(=O)C(C)(C)C(C)NC2=O)cc1Cl. The molecule has 0 saturated carbocycles. The lowest BCUT2D eigenvalue weighted by Crippen LogP contribution is -2.58. The predicted molar refractivity (Wildman–Crippen MR) is 281 cm³/mol. The maximum absolute atomic E-state index is 14.1. The minimum absolute atomic E-state index is 0.0109. The lowest BCUT2D eigenvalue weighted by molar-refractivity contribution is -0.197.